The van der Waals surface area contributed by atoms with Crippen molar-refractivity contribution in [2.45, 2.75) is 12.8 Å². The maximum atomic E-state index is 10.7. The highest BCUT2D eigenvalue weighted by Gasteiger charge is 2.15. The van der Waals surface area contributed by atoms with Crippen LogP contribution in [-0.4, -0.2) is 31.4 Å². The largest absolute Gasteiger partial charge is 0.497 e. The fraction of sp³-hybridized carbons (Fsp3) is 0.357. The van der Waals surface area contributed by atoms with Crippen molar-refractivity contribution in [3.05, 3.63) is 35.9 Å². The molecule has 0 atom stereocenters. The molecule has 0 amide bonds. The van der Waals surface area contributed by atoms with Gasteiger partial charge in [-0.05, 0) is 42.7 Å². The van der Waals surface area contributed by atoms with Gasteiger partial charge in [0.15, 0.2) is 0 Å². The van der Waals surface area contributed by atoms with Gasteiger partial charge < -0.3 is 9.64 Å². The fourth-order valence-corrected chi connectivity index (χ4v) is 2.17. The summed E-state index contributed by atoms with van der Waals surface area (Å²) in [5.74, 6) is 0.834. The lowest BCUT2D eigenvalue weighted by Gasteiger charge is -2.21. The molecule has 1 saturated heterocycles. The maximum absolute atomic E-state index is 10.7. The van der Waals surface area contributed by atoms with Gasteiger partial charge in [-0.2, -0.15) is 0 Å². The summed E-state index contributed by atoms with van der Waals surface area (Å²) in [6, 6.07) is 7.83. The van der Waals surface area contributed by atoms with Crippen LogP contribution in [0.2, 0.25) is 0 Å². The summed E-state index contributed by atoms with van der Waals surface area (Å²) in [5, 5.41) is 0. The van der Waals surface area contributed by atoms with E-state index in [1.165, 1.54) is 12.8 Å². The third kappa shape index (κ3) is 2.67. The van der Waals surface area contributed by atoms with Crippen molar-refractivity contribution in [2.75, 3.05) is 20.2 Å². The molecule has 90 valence electrons. The first-order valence-electron chi connectivity index (χ1n) is 5.90. The van der Waals surface area contributed by atoms with Crippen molar-refractivity contribution in [3.63, 3.8) is 0 Å². The Labute approximate surface area is 102 Å². The zero-order valence-corrected chi connectivity index (χ0v) is 10.1. The van der Waals surface area contributed by atoms with Crippen LogP contribution in [0.5, 0.6) is 5.75 Å². The molecule has 1 heterocycles. The molecule has 3 heteroatoms. The number of allylic oxidation sites excluding steroid dienone is 1. The van der Waals surface area contributed by atoms with Crippen LogP contribution >= 0.6 is 0 Å². The Morgan fingerprint density at radius 2 is 1.88 bits per heavy atom. The molecule has 0 unspecified atom stereocenters. The molecular formula is C14H17NO2. The SMILES string of the molecule is COc1ccc(/C(=C/C=O)N2CCCC2)cc1. The van der Waals surface area contributed by atoms with Gasteiger partial charge in [0.25, 0.3) is 0 Å². The monoisotopic (exact) mass is 231 g/mol. The zero-order valence-electron chi connectivity index (χ0n) is 10.1. The Bertz CT molecular complexity index is 403. The Morgan fingerprint density at radius 1 is 1.24 bits per heavy atom. The first kappa shape index (κ1) is 11.7. The second-order valence-corrected chi connectivity index (χ2v) is 4.11. The van der Waals surface area contributed by atoms with Crippen molar-refractivity contribution in [1.82, 2.24) is 4.90 Å². The Hall–Kier alpha value is -1.77. The number of carbonyl (C=O) groups is 1. The van der Waals surface area contributed by atoms with Crippen LogP contribution in [0.3, 0.4) is 0 Å². The van der Waals surface area contributed by atoms with Crippen molar-refractivity contribution >= 4 is 12.0 Å². The smallest absolute Gasteiger partial charge is 0.144 e. The quantitative estimate of drug-likeness (QED) is 0.588. The average Bonchev–Trinajstić information content (AvgIpc) is 2.90. The molecule has 1 aliphatic heterocycles. The minimum Gasteiger partial charge on any atom is -0.497 e. The average molecular weight is 231 g/mol. The van der Waals surface area contributed by atoms with Gasteiger partial charge in [0.05, 0.1) is 7.11 Å². The van der Waals surface area contributed by atoms with Crippen LogP contribution in [0.4, 0.5) is 0 Å². The van der Waals surface area contributed by atoms with Crippen molar-refractivity contribution < 1.29 is 9.53 Å². The van der Waals surface area contributed by atoms with Gasteiger partial charge in [-0.3, -0.25) is 4.79 Å². The van der Waals surface area contributed by atoms with Crippen LogP contribution in [0.1, 0.15) is 18.4 Å². The number of aldehydes is 1. The second-order valence-electron chi connectivity index (χ2n) is 4.11. The summed E-state index contributed by atoms with van der Waals surface area (Å²) in [7, 11) is 1.65. The standard InChI is InChI=1S/C14H17NO2/c1-17-13-6-4-12(5-7-13)14(8-11-16)15-9-2-3-10-15/h4-8,11H,2-3,9-10H2,1H3/b14-8-. The minimum atomic E-state index is 0.834. The van der Waals surface area contributed by atoms with E-state index >= 15 is 0 Å². The summed E-state index contributed by atoms with van der Waals surface area (Å²) < 4.78 is 5.13. The summed E-state index contributed by atoms with van der Waals surface area (Å²) in [4.78, 5) is 13.0. The predicted octanol–water partition coefficient (Wildman–Crippen LogP) is 2.33. The van der Waals surface area contributed by atoms with E-state index in [1.807, 2.05) is 24.3 Å². The molecule has 1 aliphatic rings. The van der Waals surface area contributed by atoms with E-state index in [9.17, 15) is 4.79 Å². The van der Waals surface area contributed by atoms with Crippen LogP contribution in [0.15, 0.2) is 30.3 Å². The number of hydrogen-bond donors (Lipinski definition) is 0. The van der Waals surface area contributed by atoms with E-state index < -0.39 is 0 Å². The molecule has 0 aliphatic carbocycles. The molecule has 0 radical (unpaired) electrons. The maximum Gasteiger partial charge on any atom is 0.144 e. The Kier molecular flexibility index (Phi) is 3.81. The number of carbonyl (C=O) groups excluding carboxylic acids is 1. The molecule has 0 aromatic heterocycles. The van der Waals surface area contributed by atoms with Gasteiger partial charge >= 0.3 is 0 Å². The highest BCUT2D eigenvalue weighted by atomic mass is 16.5. The van der Waals surface area contributed by atoms with Gasteiger partial charge in [0.2, 0.25) is 0 Å². The second kappa shape index (κ2) is 5.53. The fourth-order valence-electron chi connectivity index (χ4n) is 2.17. The molecular weight excluding hydrogens is 214 g/mol. The number of hydrogen-bond acceptors (Lipinski definition) is 3. The van der Waals surface area contributed by atoms with Crippen molar-refractivity contribution in [1.29, 1.82) is 0 Å². The van der Waals surface area contributed by atoms with E-state index in [2.05, 4.69) is 4.90 Å². The molecule has 0 N–H and O–H groups in total. The lowest BCUT2D eigenvalue weighted by Crippen LogP contribution is -2.17. The van der Waals surface area contributed by atoms with Gasteiger partial charge in [-0.1, -0.05) is 0 Å². The van der Waals surface area contributed by atoms with Crippen molar-refractivity contribution in [3.8, 4) is 5.75 Å². The number of likely N-dealkylation sites (tertiary alicyclic amines) is 1. The summed E-state index contributed by atoms with van der Waals surface area (Å²) in [6.45, 7) is 2.07. The Morgan fingerprint density at radius 3 is 2.41 bits per heavy atom. The summed E-state index contributed by atoms with van der Waals surface area (Å²) in [6.07, 6.45) is 4.91. The van der Waals surface area contributed by atoms with Crippen molar-refractivity contribution in [2.24, 2.45) is 0 Å². The number of rotatable bonds is 4. The van der Waals surface area contributed by atoms with E-state index in [0.29, 0.717) is 0 Å². The molecule has 2 rings (SSSR count). The van der Waals surface area contributed by atoms with Crippen LogP contribution in [0, 0.1) is 0 Å². The van der Waals surface area contributed by atoms with E-state index in [0.717, 1.165) is 36.4 Å². The van der Waals surface area contributed by atoms with E-state index in [-0.39, 0.29) is 0 Å². The molecule has 1 aromatic carbocycles. The summed E-state index contributed by atoms with van der Waals surface area (Å²) >= 11 is 0. The van der Waals surface area contributed by atoms with E-state index in [1.54, 1.807) is 13.2 Å². The topological polar surface area (TPSA) is 29.5 Å². The first-order valence-corrected chi connectivity index (χ1v) is 5.90. The molecule has 0 saturated carbocycles. The number of benzene rings is 1. The highest BCUT2D eigenvalue weighted by molar-refractivity contribution is 5.80. The number of ether oxygens (including phenoxy) is 1. The molecule has 1 aromatic rings. The third-order valence-corrected chi connectivity index (χ3v) is 3.06. The van der Waals surface area contributed by atoms with Crippen LogP contribution in [-0.2, 0) is 4.79 Å². The third-order valence-electron chi connectivity index (χ3n) is 3.06. The lowest BCUT2D eigenvalue weighted by molar-refractivity contribution is -0.104. The van der Waals surface area contributed by atoms with Gasteiger partial charge in [-0.15, -0.1) is 0 Å². The predicted molar refractivity (Wildman–Crippen MR) is 67.8 cm³/mol. The molecule has 17 heavy (non-hydrogen) atoms. The molecule has 0 bridgehead atoms. The first-order chi connectivity index (χ1) is 8.35. The molecule has 3 nitrogen and oxygen atoms in total. The number of nitrogens with zero attached hydrogens (tertiary/aromatic N) is 1. The van der Waals surface area contributed by atoms with Crippen LogP contribution < -0.4 is 4.74 Å². The highest BCUT2D eigenvalue weighted by Crippen LogP contribution is 2.25. The summed E-state index contributed by atoms with van der Waals surface area (Å²) in [5.41, 5.74) is 2.08. The van der Waals surface area contributed by atoms with E-state index in [4.69, 9.17) is 4.74 Å². The zero-order chi connectivity index (χ0) is 12.1. The lowest BCUT2D eigenvalue weighted by atomic mass is 10.1. The Balaban J connectivity index is 2.25. The molecule has 1 fully saturated rings. The normalized spacial score (nSPS) is 16.1. The van der Waals surface area contributed by atoms with Gasteiger partial charge in [0.1, 0.15) is 12.0 Å². The minimum absolute atomic E-state index is 0.834. The molecule has 0 spiro atoms. The number of methoxy groups -OCH3 is 1. The van der Waals surface area contributed by atoms with Gasteiger partial charge in [-0.25, -0.2) is 0 Å². The van der Waals surface area contributed by atoms with Crippen LogP contribution in [0.25, 0.3) is 5.70 Å². The van der Waals surface area contributed by atoms with Gasteiger partial charge in [0, 0.05) is 24.9 Å².